The van der Waals surface area contributed by atoms with Gasteiger partial charge in [-0.25, -0.2) is 4.79 Å². The zero-order valence-electron chi connectivity index (χ0n) is 15.8. The Bertz CT molecular complexity index is 686. The van der Waals surface area contributed by atoms with Crippen LogP contribution in [-0.4, -0.2) is 42.1 Å². The van der Waals surface area contributed by atoms with E-state index in [4.69, 9.17) is 14.2 Å². The Morgan fingerprint density at radius 1 is 1.35 bits per heavy atom. The molecule has 0 aromatic carbocycles. The lowest BCUT2D eigenvalue weighted by molar-refractivity contribution is -0.172. The second kappa shape index (κ2) is 5.55. The SMILES string of the molecule is COC(=O)[C@@]1(C)CCC[C@@]2(C)C1CCC1(O)O[C@]12CCC1=CCOC1=O. The molecule has 2 unspecified atom stereocenters. The van der Waals surface area contributed by atoms with Crippen LogP contribution in [-0.2, 0) is 23.8 Å². The zero-order valence-corrected chi connectivity index (χ0v) is 15.8. The molecule has 26 heavy (non-hydrogen) atoms. The van der Waals surface area contributed by atoms with Gasteiger partial charge in [0.1, 0.15) is 12.2 Å². The lowest BCUT2D eigenvalue weighted by Crippen LogP contribution is -2.59. The molecule has 2 saturated carbocycles. The number of carbonyl (C=O) groups is 2. The van der Waals surface area contributed by atoms with Gasteiger partial charge < -0.3 is 19.3 Å². The van der Waals surface area contributed by atoms with Crippen LogP contribution in [0.4, 0.5) is 0 Å². The van der Waals surface area contributed by atoms with Crippen molar-refractivity contribution in [2.75, 3.05) is 13.7 Å². The predicted molar refractivity (Wildman–Crippen MR) is 91.8 cm³/mol. The second-order valence-electron chi connectivity index (χ2n) is 8.81. The molecule has 0 aromatic rings. The van der Waals surface area contributed by atoms with Crippen LogP contribution >= 0.6 is 0 Å². The molecule has 0 bridgehead atoms. The Morgan fingerprint density at radius 3 is 2.77 bits per heavy atom. The van der Waals surface area contributed by atoms with Gasteiger partial charge in [-0.2, -0.15) is 0 Å². The predicted octanol–water partition coefficient (Wildman–Crippen LogP) is 2.49. The fourth-order valence-corrected chi connectivity index (χ4v) is 6.33. The molecule has 2 aliphatic carbocycles. The number of aliphatic hydroxyl groups is 1. The maximum Gasteiger partial charge on any atom is 0.334 e. The molecule has 2 aliphatic heterocycles. The van der Waals surface area contributed by atoms with Gasteiger partial charge >= 0.3 is 11.9 Å². The third-order valence-corrected chi connectivity index (χ3v) is 7.76. The highest BCUT2D eigenvalue weighted by Crippen LogP contribution is 2.73. The number of esters is 2. The molecule has 4 rings (SSSR count). The lowest BCUT2D eigenvalue weighted by Gasteiger charge is -2.55. The minimum absolute atomic E-state index is 0.0866. The number of epoxide rings is 1. The number of hydrogen-bond acceptors (Lipinski definition) is 6. The molecule has 1 saturated heterocycles. The maximum absolute atomic E-state index is 12.6. The zero-order chi connectivity index (χ0) is 18.8. The number of fused-ring (bicyclic) bond motifs is 3. The Kier molecular flexibility index (Phi) is 3.84. The summed E-state index contributed by atoms with van der Waals surface area (Å²) in [4.78, 5) is 24.4. The summed E-state index contributed by atoms with van der Waals surface area (Å²) in [5.41, 5.74) is -0.935. The van der Waals surface area contributed by atoms with Gasteiger partial charge in [-0.15, -0.1) is 0 Å². The third kappa shape index (κ3) is 2.12. The van der Waals surface area contributed by atoms with E-state index in [2.05, 4.69) is 6.92 Å². The van der Waals surface area contributed by atoms with Gasteiger partial charge in [0.25, 0.3) is 0 Å². The van der Waals surface area contributed by atoms with E-state index >= 15 is 0 Å². The number of cyclic esters (lactones) is 1. The molecule has 0 spiro atoms. The summed E-state index contributed by atoms with van der Waals surface area (Å²) in [6, 6.07) is 0. The summed E-state index contributed by atoms with van der Waals surface area (Å²) in [7, 11) is 1.44. The van der Waals surface area contributed by atoms with E-state index in [9.17, 15) is 14.7 Å². The number of rotatable bonds is 4. The summed E-state index contributed by atoms with van der Waals surface area (Å²) >= 11 is 0. The van der Waals surface area contributed by atoms with E-state index in [1.807, 2.05) is 13.0 Å². The molecule has 5 atom stereocenters. The molecular formula is C20H28O6. The standard InChI is InChI=1S/C20H28O6/c1-17(16(22)24-3)8-4-9-18(2)14(17)6-11-20(23)19(18,26-20)10-5-13-7-12-25-15(13)21/h7,14,23H,4-6,8-12H2,1-3H3/t14?,17-,18-,19-,20?/m0/s1. The molecule has 0 aromatic heterocycles. The van der Waals surface area contributed by atoms with Crippen molar-refractivity contribution in [3.8, 4) is 0 Å². The molecule has 0 radical (unpaired) electrons. The van der Waals surface area contributed by atoms with Gasteiger partial charge in [-0.1, -0.05) is 13.3 Å². The molecule has 2 heterocycles. The molecule has 0 amide bonds. The third-order valence-electron chi connectivity index (χ3n) is 7.76. The highest BCUT2D eigenvalue weighted by molar-refractivity contribution is 5.90. The molecule has 3 fully saturated rings. The summed E-state index contributed by atoms with van der Waals surface area (Å²) in [6.45, 7) is 4.47. The minimum Gasteiger partial charge on any atom is -0.469 e. The topological polar surface area (TPSA) is 85.4 Å². The van der Waals surface area contributed by atoms with Crippen molar-refractivity contribution in [2.45, 2.75) is 70.2 Å². The van der Waals surface area contributed by atoms with Crippen LogP contribution in [0, 0.1) is 16.7 Å². The minimum atomic E-state index is -1.14. The fraction of sp³-hybridized carbons (Fsp3) is 0.800. The van der Waals surface area contributed by atoms with Crippen molar-refractivity contribution in [2.24, 2.45) is 16.7 Å². The molecule has 6 nitrogen and oxygen atoms in total. The summed E-state index contributed by atoms with van der Waals surface area (Å²) in [5.74, 6) is -1.50. The molecule has 1 N–H and O–H groups in total. The first kappa shape index (κ1) is 18.0. The van der Waals surface area contributed by atoms with Gasteiger partial charge in [-0.05, 0) is 51.0 Å². The van der Waals surface area contributed by atoms with Gasteiger partial charge in [0.05, 0.1) is 12.5 Å². The van der Waals surface area contributed by atoms with Crippen LogP contribution in [0.5, 0.6) is 0 Å². The summed E-state index contributed by atoms with van der Waals surface area (Å²) in [6.07, 6.45) is 6.75. The molecule has 144 valence electrons. The number of methoxy groups -OCH3 is 1. The van der Waals surface area contributed by atoms with Gasteiger partial charge in [-0.3, -0.25) is 4.79 Å². The summed E-state index contributed by atoms with van der Waals surface area (Å²) in [5, 5.41) is 11.0. The van der Waals surface area contributed by atoms with Crippen molar-refractivity contribution in [1.82, 2.24) is 0 Å². The van der Waals surface area contributed by atoms with Crippen LogP contribution < -0.4 is 0 Å². The highest BCUT2D eigenvalue weighted by atomic mass is 16.8. The second-order valence-corrected chi connectivity index (χ2v) is 8.81. The smallest absolute Gasteiger partial charge is 0.334 e. The first-order valence-corrected chi connectivity index (χ1v) is 9.60. The Balaban J connectivity index is 1.65. The van der Waals surface area contributed by atoms with Crippen LogP contribution in [0.15, 0.2) is 11.6 Å². The van der Waals surface area contributed by atoms with E-state index in [-0.39, 0.29) is 23.3 Å². The van der Waals surface area contributed by atoms with E-state index in [0.717, 1.165) is 25.7 Å². The van der Waals surface area contributed by atoms with E-state index < -0.39 is 16.8 Å². The van der Waals surface area contributed by atoms with Gasteiger partial charge in [0.15, 0.2) is 5.79 Å². The first-order chi connectivity index (χ1) is 12.2. The van der Waals surface area contributed by atoms with Crippen LogP contribution in [0.2, 0.25) is 0 Å². The normalized spacial score (nSPS) is 46.7. The van der Waals surface area contributed by atoms with Crippen LogP contribution in [0.25, 0.3) is 0 Å². The largest absolute Gasteiger partial charge is 0.469 e. The van der Waals surface area contributed by atoms with Crippen molar-refractivity contribution in [3.63, 3.8) is 0 Å². The van der Waals surface area contributed by atoms with E-state index in [1.54, 1.807) is 0 Å². The molecular weight excluding hydrogens is 336 g/mol. The first-order valence-electron chi connectivity index (χ1n) is 9.60. The van der Waals surface area contributed by atoms with Crippen molar-refractivity contribution >= 4 is 11.9 Å². The molecule has 4 aliphatic rings. The van der Waals surface area contributed by atoms with Gasteiger partial charge in [0, 0.05) is 17.4 Å². The van der Waals surface area contributed by atoms with Crippen molar-refractivity contribution in [1.29, 1.82) is 0 Å². The maximum atomic E-state index is 12.6. The fourth-order valence-electron chi connectivity index (χ4n) is 6.33. The van der Waals surface area contributed by atoms with Crippen LogP contribution in [0.1, 0.15) is 58.8 Å². The highest BCUT2D eigenvalue weighted by Gasteiger charge is 2.81. The monoisotopic (exact) mass is 364 g/mol. The summed E-state index contributed by atoms with van der Waals surface area (Å²) < 4.78 is 16.2. The lowest BCUT2D eigenvalue weighted by atomic mass is 9.46. The Morgan fingerprint density at radius 2 is 2.12 bits per heavy atom. The van der Waals surface area contributed by atoms with E-state index in [0.29, 0.717) is 31.4 Å². The quantitative estimate of drug-likeness (QED) is 0.609. The number of hydrogen-bond donors (Lipinski definition) is 1. The van der Waals surface area contributed by atoms with Crippen molar-refractivity contribution in [3.05, 3.63) is 11.6 Å². The van der Waals surface area contributed by atoms with Crippen LogP contribution in [0.3, 0.4) is 0 Å². The number of carbonyl (C=O) groups excluding carboxylic acids is 2. The van der Waals surface area contributed by atoms with Crippen molar-refractivity contribution < 1.29 is 28.9 Å². The Labute approximate surface area is 153 Å². The van der Waals surface area contributed by atoms with Gasteiger partial charge in [0.2, 0.25) is 0 Å². The molecule has 6 heteroatoms. The average Bonchev–Trinajstić information content (AvgIpc) is 3.04. The Hall–Kier alpha value is -1.40. The number of ether oxygens (including phenoxy) is 3. The average molecular weight is 364 g/mol. The van der Waals surface area contributed by atoms with E-state index in [1.165, 1.54) is 7.11 Å².